The molecular formula is C16H26N2O. The van der Waals surface area contributed by atoms with E-state index >= 15 is 0 Å². The van der Waals surface area contributed by atoms with Crippen molar-refractivity contribution in [3.63, 3.8) is 0 Å². The molecule has 1 aliphatic heterocycles. The minimum atomic E-state index is 0.512. The molecule has 0 saturated carbocycles. The maximum Gasteiger partial charge on any atom is 0.0594 e. The molecule has 1 fully saturated rings. The third kappa shape index (κ3) is 4.60. The van der Waals surface area contributed by atoms with Crippen LogP contribution in [0.5, 0.6) is 0 Å². The average molecular weight is 262 g/mol. The second-order valence-corrected chi connectivity index (χ2v) is 5.62. The molecule has 1 atom stereocenters. The Balaban J connectivity index is 1.79. The van der Waals surface area contributed by atoms with Crippen LogP contribution in [0.25, 0.3) is 0 Å². The maximum atomic E-state index is 5.38. The van der Waals surface area contributed by atoms with Crippen LogP contribution in [-0.4, -0.2) is 43.8 Å². The molecule has 1 heterocycles. The monoisotopic (exact) mass is 262 g/mol. The molecule has 1 aromatic carbocycles. The minimum Gasteiger partial charge on any atom is -0.379 e. The van der Waals surface area contributed by atoms with Crippen molar-refractivity contribution in [3.8, 4) is 0 Å². The van der Waals surface area contributed by atoms with Crippen LogP contribution in [0.4, 0.5) is 0 Å². The van der Waals surface area contributed by atoms with Crippen molar-refractivity contribution in [3.05, 3.63) is 34.9 Å². The summed E-state index contributed by atoms with van der Waals surface area (Å²) in [6, 6.07) is 7.18. The van der Waals surface area contributed by atoms with Crippen molar-refractivity contribution in [2.45, 2.75) is 33.4 Å². The molecule has 1 unspecified atom stereocenters. The molecule has 0 aromatic heterocycles. The zero-order valence-electron chi connectivity index (χ0n) is 12.4. The predicted molar refractivity (Wildman–Crippen MR) is 79.5 cm³/mol. The molecule has 0 aliphatic carbocycles. The van der Waals surface area contributed by atoms with Crippen molar-refractivity contribution in [1.29, 1.82) is 0 Å². The largest absolute Gasteiger partial charge is 0.379 e. The maximum absolute atomic E-state index is 5.38. The molecule has 0 spiro atoms. The van der Waals surface area contributed by atoms with Crippen molar-refractivity contribution in [2.24, 2.45) is 0 Å². The molecule has 0 amide bonds. The summed E-state index contributed by atoms with van der Waals surface area (Å²) < 4.78 is 5.38. The van der Waals surface area contributed by atoms with Gasteiger partial charge in [0.05, 0.1) is 13.2 Å². The number of ether oxygens (including phenoxy) is 1. The molecule has 19 heavy (non-hydrogen) atoms. The third-order valence-corrected chi connectivity index (χ3v) is 3.78. The number of hydrogen-bond acceptors (Lipinski definition) is 3. The fourth-order valence-corrected chi connectivity index (χ4v) is 2.51. The summed E-state index contributed by atoms with van der Waals surface area (Å²) in [7, 11) is 0. The Bertz CT molecular complexity index is 400. The Morgan fingerprint density at radius 3 is 2.74 bits per heavy atom. The van der Waals surface area contributed by atoms with Crippen LogP contribution in [0.1, 0.15) is 23.6 Å². The smallest absolute Gasteiger partial charge is 0.0594 e. The number of rotatable bonds is 5. The molecule has 1 aromatic rings. The number of nitrogens with zero attached hydrogens (tertiary/aromatic N) is 1. The first-order chi connectivity index (χ1) is 9.15. The van der Waals surface area contributed by atoms with Crippen LogP contribution >= 0.6 is 0 Å². The lowest BCUT2D eigenvalue weighted by atomic mass is 10.1. The highest BCUT2D eigenvalue weighted by Crippen LogP contribution is 2.10. The summed E-state index contributed by atoms with van der Waals surface area (Å²) in [5, 5.41) is 3.63. The van der Waals surface area contributed by atoms with Crippen molar-refractivity contribution in [2.75, 3.05) is 32.8 Å². The Hall–Kier alpha value is -0.900. The normalized spacial score (nSPS) is 18.5. The lowest BCUT2D eigenvalue weighted by molar-refractivity contribution is 0.0343. The highest BCUT2D eigenvalue weighted by molar-refractivity contribution is 5.30. The Morgan fingerprint density at radius 2 is 2.00 bits per heavy atom. The zero-order valence-corrected chi connectivity index (χ0v) is 12.4. The summed E-state index contributed by atoms with van der Waals surface area (Å²) in [4.78, 5) is 2.48. The van der Waals surface area contributed by atoms with Gasteiger partial charge in [0.2, 0.25) is 0 Å². The number of hydrogen-bond donors (Lipinski definition) is 1. The molecule has 106 valence electrons. The molecule has 1 aliphatic rings. The molecule has 2 rings (SSSR count). The topological polar surface area (TPSA) is 24.5 Å². The van der Waals surface area contributed by atoms with E-state index in [9.17, 15) is 0 Å². The first-order valence-electron chi connectivity index (χ1n) is 7.25. The highest BCUT2D eigenvalue weighted by atomic mass is 16.5. The summed E-state index contributed by atoms with van der Waals surface area (Å²) in [5.41, 5.74) is 4.12. The summed E-state index contributed by atoms with van der Waals surface area (Å²) in [6.45, 7) is 12.6. The van der Waals surface area contributed by atoms with Crippen molar-refractivity contribution >= 4 is 0 Å². The van der Waals surface area contributed by atoms with E-state index in [-0.39, 0.29) is 0 Å². The number of aryl methyl sites for hydroxylation is 2. The lowest BCUT2D eigenvalue weighted by Gasteiger charge is -2.29. The van der Waals surface area contributed by atoms with Crippen LogP contribution in [0.3, 0.4) is 0 Å². The molecule has 1 N–H and O–H groups in total. The standard InChI is InChI=1S/C16H26N2O/c1-13-4-5-14(2)16(10-13)11-17-15(3)12-18-6-8-19-9-7-18/h4-5,10,15,17H,6-9,11-12H2,1-3H3. The van der Waals surface area contributed by atoms with E-state index in [1.54, 1.807) is 0 Å². The quantitative estimate of drug-likeness (QED) is 0.879. The SMILES string of the molecule is Cc1ccc(C)c(CNC(C)CN2CCOCC2)c1. The Labute approximate surface area is 116 Å². The third-order valence-electron chi connectivity index (χ3n) is 3.78. The van der Waals surface area contributed by atoms with Gasteiger partial charge in [-0.15, -0.1) is 0 Å². The second-order valence-electron chi connectivity index (χ2n) is 5.62. The number of nitrogens with one attached hydrogen (secondary N) is 1. The summed E-state index contributed by atoms with van der Waals surface area (Å²) >= 11 is 0. The van der Waals surface area contributed by atoms with E-state index in [0.29, 0.717) is 6.04 Å². The summed E-state index contributed by atoms with van der Waals surface area (Å²) in [5.74, 6) is 0. The van der Waals surface area contributed by atoms with E-state index in [1.165, 1.54) is 16.7 Å². The fraction of sp³-hybridized carbons (Fsp3) is 0.625. The van der Waals surface area contributed by atoms with E-state index in [4.69, 9.17) is 4.74 Å². The Morgan fingerprint density at radius 1 is 1.26 bits per heavy atom. The van der Waals surface area contributed by atoms with Gasteiger partial charge in [0.25, 0.3) is 0 Å². The lowest BCUT2D eigenvalue weighted by Crippen LogP contribution is -2.44. The van der Waals surface area contributed by atoms with E-state index < -0.39 is 0 Å². The molecule has 3 heteroatoms. The molecule has 0 bridgehead atoms. The number of morpholine rings is 1. The van der Waals surface area contributed by atoms with Crippen molar-refractivity contribution in [1.82, 2.24) is 10.2 Å². The Kier molecular flexibility index (Phi) is 5.37. The van der Waals surface area contributed by atoms with Crippen LogP contribution in [0, 0.1) is 13.8 Å². The fourth-order valence-electron chi connectivity index (χ4n) is 2.51. The van der Waals surface area contributed by atoms with E-state index in [2.05, 4.69) is 49.2 Å². The molecule has 3 nitrogen and oxygen atoms in total. The molecule has 0 radical (unpaired) electrons. The van der Waals surface area contributed by atoms with Gasteiger partial charge in [0, 0.05) is 32.2 Å². The average Bonchev–Trinajstić information content (AvgIpc) is 2.41. The molecule has 1 saturated heterocycles. The van der Waals surface area contributed by atoms with Gasteiger partial charge in [-0.05, 0) is 31.9 Å². The van der Waals surface area contributed by atoms with Gasteiger partial charge in [0.15, 0.2) is 0 Å². The van der Waals surface area contributed by atoms with Gasteiger partial charge >= 0.3 is 0 Å². The van der Waals surface area contributed by atoms with Gasteiger partial charge in [0.1, 0.15) is 0 Å². The van der Waals surface area contributed by atoms with Gasteiger partial charge in [-0.25, -0.2) is 0 Å². The second kappa shape index (κ2) is 7.04. The van der Waals surface area contributed by atoms with Crippen molar-refractivity contribution < 1.29 is 4.74 Å². The molecular weight excluding hydrogens is 236 g/mol. The minimum absolute atomic E-state index is 0.512. The van der Waals surface area contributed by atoms with Crippen LogP contribution in [0.15, 0.2) is 18.2 Å². The first-order valence-corrected chi connectivity index (χ1v) is 7.25. The van der Waals surface area contributed by atoms with Crippen LogP contribution < -0.4 is 5.32 Å². The van der Waals surface area contributed by atoms with Gasteiger partial charge in [-0.3, -0.25) is 4.90 Å². The summed E-state index contributed by atoms with van der Waals surface area (Å²) in [6.07, 6.45) is 0. The van der Waals surface area contributed by atoms with Gasteiger partial charge in [-0.2, -0.15) is 0 Å². The number of benzene rings is 1. The zero-order chi connectivity index (χ0) is 13.7. The van der Waals surface area contributed by atoms with E-state index in [0.717, 1.165) is 39.4 Å². The van der Waals surface area contributed by atoms with Crippen LogP contribution in [-0.2, 0) is 11.3 Å². The van der Waals surface area contributed by atoms with Crippen LogP contribution in [0.2, 0.25) is 0 Å². The predicted octanol–water partition coefficient (Wildman–Crippen LogP) is 2.11. The van der Waals surface area contributed by atoms with Gasteiger partial charge < -0.3 is 10.1 Å². The first kappa shape index (κ1) is 14.5. The highest BCUT2D eigenvalue weighted by Gasteiger charge is 2.13. The van der Waals surface area contributed by atoms with E-state index in [1.807, 2.05) is 0 Å². The van der Waals surface area contributed by atoms with Gasteiger partial charge in [-0.1, -0.05) is 23.8 Å².